The van der Waals surface area contributed by atoms with Gasteiger partial charge in [-0.2, -0.15) is 0 Å². The molecule has 1 aliphatic rings. The number of aromatic amines is 1. The van der Waals surface area contributed by atoms with Crippen LogP contribution >= 0.6 is 0 Å². The predicted octanol–water partition coefficient (Wildman–Crippen LogP) is -0.207. The van der Waals surface area contributed by atoms with E-state index in [1.165, 1.54) is 0 Å². The molecule has 9 heteroatoms. The Labute approximate surface area is 195 Å². The Bertz CT molecular complexity index is 978. The van der Waals surface area contributed by atoms with Crippen molar-refractivity contribution in [1.82, 2.24) is 15.0 Å². The molecule has 0 spiro atoms. The molecule has 1 N–H and O–H groups in total. The minimum Gasteiger partial charge on any atom is -1.00 e. The molecule has 3 heterocycles. The van der Waals surface area contributed by atoms with E-state index < -0.39 is 10.8 Å². The van der Waals surface area contributed by atoms with E-state index in [-0.39, 0.29) is 42.8 Å². The molecule has 1 aliphatic heterocycles. The summed E-state index contributed by atoms with van der Waals surface area (Å²) in [6.07, 6.45) is 1.68. The van der Waals surface area contributed by atoms with Gasteiger partial charge in [0.25, 0.3) is 0 Å². The number of nitrogens with one attached hydrogen (secondary N) is 1. The van der Waals surface area contributed by atoms with Gasteiger partial charge in [-0.15, -0.1) is 0 Å². The number of imidazole rings is 1. The summed E-state index contributed by atoms with van der Waals surface area (Å²) in [4.78, 5) is 12.0. The molecule has 2 aromatic heterocycles. The van der Waals surface area contributed by atoms with Gasteiger partial charge in [-0.1, -0.05) is 12.1 Å². The summed E-state index contributed by atoms with van der Waals surface area (Å²) < 4.78 is 29.9. The third-order valence-electron chi connectivity index (χ3n) is 4.70. The second-order valence-corrected chi connectivity index (χ2v) is 8.14. The standard InChI is InChI=1S/C20H23N3O4S.Na.H/c1-13-9-21-18(14(2)19(13)27-11-15-10-25-7-8-26-15)12-28(24)20-22-16-5-3-4-6-17(16)23-20;;/h3-6,9,15H,7-8,10-12H2,1-2H3,(H,22,23);;/q;+1;-1. The minimum atomic E-state index is -1.33. The Morgan fingerprint density at radius 3 is 2.90 bits per heavy atom. The van der Waals surface area contributed by atoms with Crippen molar-refractivity contribution in [2.45, 2.75) is 30.9 Å². The Morgan fingerprint density at radius 2 is 2.14 bits per heavy atom. The van der Waals surface area contributed by atoms with Crippen LogP contribution in [0.3, 0.4) is 0 Å². The molecule has 0 saturated carbocycles. The summed E-state index contributed by atoms with van der Waals surface area (Å²) in [5.41, 5.74) is 4.24. The van der Waals surface area contributed by atoms with Gasteiger partial charge in [0, 0.05) is 17.3 Å². The molecular formula is C20H24N3NaO4S. The minimum absolute atomic E-state index is 0. The second-order valence-electron chi connectivity index (χ2n) is 6.77. The van der Waals surface area contributed by atoms with Crippen LogP contribution in [0.2, 0.25) is 0 Å². The maximum Gasteiger partial charge on any atom is 1.00 e. The molecular weight excluding hydrogens is 401 g/mol. The van der Waals surface area contributed by atoms with Gasteiger partial charge in [-0.05, 0) is 26.0 Å². The topological polar surface area (TPSA) is 86.3 Å². The van der Waals surface area contributed by atoms with Crippen LogP contribution in [0.5, 0.6) is 5.75 Å². The molecule has 0 amide bonds. The van der Waals surface area contributed by atoms with Crippen molar-refractivity contribution in [3.63, 3.8) is 0 Å². The van der Waals surface area contributed by atoms with Crippen molar-refractivity contribution >= 4 is 21.8 Å². The molecule has 3 aromatic rings. The summed E-state index contributed by atoms with van der Waals surface area (Å²) in [5.74, 6) is 1.03. The van der Waals surface area contributed by atoms with Gasteiger partial charge in [0.05, 0.1) is 53.1 Å². The number of rotatable bonds is 6. The number of nitrogens with zero attached hydrogens (tertiary/aromatic N) is 2. The van der Waals surface area contributed by atoms with Gasteiger partial charge in [-0.25, -0.2) is 4.98 Å². The van der Waals surface area contributed by atoms with Crippen LogP contribution in [0, 0.1) is 13.8 Å². The van der Waals surface area contributed by atoms with Crippen LogP contribution in [0.1, 0.15) is 18.2 Å². The zero-order chi connectivity index (χ0) is 19.5. The molecule has 1 fully saturated rings. The van der Waals surface area contributed by atoms with Crippen LogP contribution in [0.15, 0.2) is 35.6 Å². The molecule has 1 aromatic carbocycles. The molecule has 0 aliphatic carbocycles. The Kier molecular flexibility index (Phi) is 7.84. The van der Waals surface area contributed by atoms with Gasteiger partial charge in [-0.3, -0.25) is 9.19 Å². The van der Waals surface area contributed by atoms with Gasteiger partial charge in [0.1, 0.15) is 18.5 Å². The number of aromatic nitrogens is 3. The molecule has 0 radical (unpaired) electrons. The van der Waals surface area contributed by atoms with Crippen LogP contribution in [0.25, 0.3) is 11.0 Å². The molecule has 2 unspecified atom stereocenters. The molecule has 0 bridgehead atoms. The van der Waals surface area contributed by atoms with Crippen molar-refractivity contribution in [2.24, 2.45) is 0 Å². The van der Waals surface area contributed by atoms with E-state index in [0.29, 0.717) is 31.6 Å². The first kappa shape index (κ1) is 22.4. The van der Waals surface area contributed by atoms with Crippen molar-refractivity contribution in [3.05, 3.63) is 47.3 Å². The van der Waals surface area contributed by atoms with Crippen molar-refractivity contribution in [1.29, 1.82) is 0 Å². The van der Waals surface area contributed by atoms with E-state index in [1.54, 1.807) is 6.20 Å². The summed E-state index contributed by atoms with van der Waals surface area (Å²) >= 11 is 0. The average Bonchev–Trinajstić information content (AvgIpc) is 3.15. The first-order valence-corrected chi connectivity index (χ1v) is 10.5. The van der Waals surface area contributed by atoms with Crippen LogP contribution in [-0.4, -0.2) is 51.7 Å². The summed E-state index contributed by atoms with van der Waals surface area (Å²) in [7, 11) is -1.33. The van der Waals surface area contributed by atoms with Crippen molar-refractivity contribution in [2.75, 3.05) is 26.4 Å². The normalized spacial score (nSPS) is 17.7. The zero-order valence-electron chi connectivity index (χ0n) is 17.9. The number of ether oxygens (including phenoxy) is 3. The number of fused-ring (bicyclic) bond motifs is 1. The number of H-pyrrole nitrogens is 1. The largest absolute Gasteiger partial charge is 1.00 e. The summed E-state index contributed by atoms with van der Waals surface area (Å²) in [6, 6.07) is 7.64. The third-order valence-corrected chi connectivity index (χ3v) is 5.86. The summed E-state index contributed by atoms with van der Waals surface area (Å²) in [6.45, 7) is 6.06. The van der Waals surface area contributed by atoms with E-state index >= 15 is 0 Å². The first-order chi connectivity index (χ1) is 13.6. The Balaban J connectivity index is 0.00000160. The molecule has 150 valence electrons. The van der Waals surface area contributed by atoms with Crippen LogP contribution in [-0.2, 0) is 26.0 Å². The van der Waals surface area contributed by atoms with Crippen LogP contribution in [0.4, 0.5) is 0 Å². The zero-order valence-corrected chi connectivity index (χ0v) is 19.8. The maximum absolute atomic E-state index is 12.8. The fraction of sp³-hybridized carbons (Fsp3) is 0.400. The molecule has 4 rings (SSSR count). The van der Waals surface area contributed by atoms with Crippen LogP contribution < -0.4 is 34.3 Å². The maximum atomic E-state index is 12.8. The number of hydrogen-bond donors (Lipinski definition) is 1. The summed E-state index contributed by atoms with van der Waals surface area (Å²) in [5, 5.41) is 0.457. The molecule has 1 saturated heterocycles. The molecule has 2 atom stereocenters. The fourth-order valence-electron chi connectivity index (χ4n) is 3.16. The van der Waals surface area contributed by atoms with E-state index in [0.717, 1.165) is 33.6 Å². The van der Waals surface area contributed by atoms with Crippen molar-refractivity contribution < 1.29 is 49.4 Å². The monoisotopic (exact) mass is 425 g/mol. The Morgan fingerprint density at radius 1 is 1.31 bits per heavy atom. The van der Waals surface area contributed by atoms with E-state index in [2.05, 4.69) is 15.0 Å². The van der Waals surface area contributed by atoms with E-state index in [4.69, 9.17) is 14.2 Å². The number of aryl methyl sites for hydroxylation is 1. The van der Waals surface area contributed by atoms with Gasteiger partial charge >= 0.3 is 29.6 Å². The number of benzene rings is 1. The number of pyridine rings is 1. The number of hydrogen-bond acceptors (Lipinski definition) is 6. The number of para-hydroxylation sites is 2. The Hall–Kier alpha value is -1.29. The fourth-order valence-corrected chi connectivity index (χ4v) is 4.26. The second kappa shape index (κ2) is 10.1. The smallest absolute Gasteiger partial charge is 1.00 e. The average molecular weight is 425 g/mol. The third kappa shape index (κ3) is 5.25. The van der Waals surface area contributed by atoms with Crippen molar-refractivity contribution in [3.8, 4) is 5.75 Å². The quantitative estimate of drug-likeness (QED) is 0.551. The van der Waals surface area contributed by atoms with Gasteiger partial charge < -0.3 is 20.6 Å². The molecule has 7 nitrogen and oxygen atoms in total. The van der Waals surface area contributed by atoms with E-state index in [1.807, 2.05) is 38.1 Å². The predicted molar refractivity (Wildman–Crippen MR) is 107 cm³/mol. The SMILES string of the molecule is Cc1cnc(CS(=O)c2nc3ccccc3[nH]2)c(C)c1OCC1COCCO1.[H-].[Na+]. The first-order valence-electron chi connectivity index (χ1n) is 9.22. The van der Waals surface area contributed by atoms with Gasteiger partial charge in [0.2, 0.25) is 0 Å². The van der Waals surface area contributed by atoms with Gasteiger partial charge in [0.15, 0.2) is 5.16 Å². The van der Waals surface area contributed by atoms with E-state index in [9.17, 15) is 4.21 Å². The molecule has 29 heavy (non-hydrogen) atoms.